The Hall–Kier alpha value is -3.68. The standard InChI is InChI=1S/C20H20N6O2/c27-19(16-7-4-8-17(11-16)26-10-9-22-20(26)28)24-18(12-25-14-21-13-23-25)15-5-2-1-3-6-15/h1-8,11,13-14,18H,9-10,12H2,(H,22,28)(H,24,27). The lowest BCUT2D eigenvalue weighted by molar-refractivity contribution is 0.0931. The van der Waals surface area contributed by atoms with Crippen molar-refractivity contribution in [1.29, 1.82) is 0 Å². The Labute approximate surface area is 162 Å². The largest absolute Gasteiger partial charge is 0.343 e. The van der Waals surface area contributed by atoms with Gasteiger partial charge in [0.15, 0.2) is 0 Å². The number of nitrogens with one attached hydrogen (secondary N) is 2. The Bertz CT molecular complexity index is 958. The predicted octanol–water partition coefficient (Wildman–Crippen LogP) is 1.98. The van der Waals surface area contributed by atoms with E-state index in [4.69, 9.17) is 0 Å². The number of carbonyl (C=O) groups excluding carboxylic acids is 2. The molecule has 1 atom stereocenters. The quantitative estimate of drug-likeness (QED) is 0.688. The fraction of sp³-hybridized carbons (Fsp3) is 0.200. The van der Waals surface area contributed by atoms with Crippen LogP contribution in [0.2, 0.25) is 0 Å². The van der Waals surface area contributed by atoms with Crippen molar-refractivity contribution in [2.45, 2.75) is 12.6 Å². The molecule has 3 amide bonds. The van der Waals surface area contributed by atoms with Crippen LogP contribution in [0.3, 0.4) is 0 Å². The van der Waals surface area contributed by atoms with Crippen molar-refractivity contribution in [3.8, 4) is 0 Å². The minimum atomic E-state index is -0.269. The lowest BCUT2D eigenvalue weighted by atomic mass is 10.1. The highest BCUT2D eigenvalue weighted by Crippen LogP contribution is 2.20. The predicted molar refractivity (Wildman–Crippen MR) is 104 cm³/mol. The number of carbonyl (C=O) groups is 2. The molecule has 8 nitrogen and oxygen atoms in total. The molecule has 0 spiro atoms. The fourth-order valence-corrected chi connectivity index (χ4v) is 3.21. The van der Waals surface area contributed by atoms with Crippen molar-refractivity contribution < 1.29 is 9.59 Å². The third kappa shape index (κ3) is 3.85. The number of hydrogen-bond donors (Lipinski definition) is 2. The number of anilines is 1. The van der Waals surface area contributed by atoms with Crippen LogP contribution in [0.1, 0.15) is 22.0 Å². The molecule has 142 valence electrons. The van der Waals surface area contributed by atoms with E-state index in [0.717, 1.165) is 5.56 Å². The van der Waals surface area contributed by atoms with Gasteiger partial charge in [-0.2, -0.15) is 5.10 Å². The first-order valence-corrected chi connectivity index (χ1v) is 9.04. The van der Waals surface area contributed by atoms with Crippen molar-refractivity contribution in [2.24, 2.45) is 0 Å². The molecule has 8 heteroatoms. The van der Waals surface area contributed by atoms with Gasteiger partial charge in [0.2, 0.25) is 0 Å². The minimum Gasteiger partial charge on any atom is -0.343 e. The van der Waals surface area contributed by atoms with E-state index in [1.807, 2.05) is 36.4 Å². The van der Waals surface area contributed by atoms with Gasteiger partial charge in [-0.25, -0.2) is 9.78 Å². The molecule has 1 saturated heterocycles. The van der Waals surface area contributed by atoms with Gasteiger partial charge >= 0.3 is 6.03 Å². The zero-order chi connectivity index (χ0) is 19.3. The van der Waals surface area contributed by atoms with Crippen LogP contribution in [0.25, 0.3) is 0 Å². The molecule has 4 rings (SSSR count). The highest BCUT2D eigenvalue weighted by atomic mass is 16.2. The first kappa shape index (κ1) is 17.7. The van der Waals surface area contributed by atoms with Gasteiger partial charge in [-0.1, -0.05) is 36.4 Å². The molecule has 0 radical (unpaired) electrons. The summed E-state index contributed by atoms with van der Waals surface area (Å²) in [7, 11) is 0. The topological polar surface area (TPSA) is 92.2 Å². The molecule has 2 heterocycles. The van der Waals surface area contributed by atoms with Gasteiger partial charge in [0.25, 0.3) is 5.91 Å². The maximum Gasteiger partial charge on any atom is 0.321 e. The second-order valence-electron chi connectivity index (χ2n) is 6.49. The van der Waals surface area contributed by atoms with E-state index in [2.05, 4.69) is 20.7 Å². The summed E-state index contributed by atoms with van der Waals surface area (Å²) in [4.78, 5) is 30.4. The fourth-order valence-electron chi connectivity index (χ4n) is 3.21. The molecule has 2 aromatic carbocycles. The van der Waals surface area contributed by atoms with Gasteiger partial charge in [0.05, 0.1) is 12.6 Å². The number of nitrogens with zero attached hydrogens (tertiary/aromatic N) is 4. The van der Waals surface area contributed by atoms with Gasteiger partial charge in [-0.3, -0.25) is 14.4 Å². The van der Waals surface area contributed by atoms with Crippen molar-refractivity contribution in [2.75, 3.05) is 18.0 Å². The van der Waals surface area contributed by atoms with Crippen LogP contribution in [0.5, 0.6) is 0 Å². The lowest BCUT2D eigenvalue weighted by Crippen LogP contribution is -2.32. The van der Waals surface area contributed by atoms with Gasteiger partial charge < -0.3 is 10.6 Å². The number of aromatic nitrogens is 3. The summed E-state index contributed by atoms with van der Waals surface area (Å²) in [6.45, 7) is 1.65. The maximum absolute atomic E-state index is 12.9. The van der Waals surface area contributed by atoms with Gasteiger partial charge in [0.1, 0.15) is 12.7 Å². The molecule has 1 aromatic heterocycles. The Morgan fingerprint density at radius 1 is 1.18 bits per heavy atom. The van der Waals surface area contributed by atoms with E-state index >= 15 is 0 Å². The summed E-state index contributed by atoms with van der Waals surface area (Å²) < 4.78 is 1.68. The summed E-state index contributed by atoms with van der Waals surface area (Å²) in [5, 5.41) is 9.98. The monoisotopic (exact) mass is 376 g/mol. The lowest BCUT2D eigenvalue weighted by Gasteiger charge is -2.20. The van der Waals surface area contributed by atoms with Crippen molar-refractivity contribution in [3.63, 3.8) is 0 Å². The van der Waals surface area contributed by atoms with E-state index in [9.17, 15) is 9.59 Å². The van der Waals surface area contributed by atoms with Crippen molar-refractivity contribution in [3.05, 3.63) is 78.4 Å². The smallest absolute Gasteiger partial charge is 0.321 e. The normalized spacial score (nSPS) is 14.6. The SMILES string of the molecule is O=C(NC(Cn1cncn1)c1ccccc1)c1cccc(N2CCNC2=O)c1. The molecule has 0 aliphatic carbocycles. The highest BCUT2D eigenvalue weighted by molar-refractivity contribution is 5.98. The second kappa shape index (κ2) is 7.91. The molecular formula is C20H20N6O2. The maximum atomic E-state index is 12.9. The third-order valence-electron chi connectivity index (χ3n) is 4.62. The van der Waals surface area contributed by atoms with Crippen LogP contribution in [-0.4, -0.2) is 39.8 Å². The van der Waals surface area contributed by atoms with Crippen LogP contribution in [0.15, 0.2) is 67.3 Å². The van der Waals surface area contributed by atoms with E-state index in [1.54, 1.807) is 34.1 Å². The first-order valence-electron chi connectivity index (χ1n) is 9.04. The molecule has 0 bridgehead atoms. The number of amides is 3. The minimum absolute atomic E-state index is 0.147. The molecule has 28 heavy (non-hydrogen) atoms. The van der Waals surface area contributed by atoms with Gasteiger partial charge in [0, 0.05) is 24.3 Å². The summed E-state index contributed by atoms with van der Waals surface area (Å²) in [5.74, 6) is -0.213. The molecule has 3 aromatic rings. The third-order valence-corrected chi connectivity index (χ3v) is 4.62. The Morgan fingerprint density at radius 2 is 2.04 bits per heavy atom. The van der Waals surface area contributed by atoms with Crippen LogP contribution < -0.4 is 15.5 Å². The Kier molecular flexibility index (Phi) is 5.01. The molecular weight excluding hydrogens is 356 g/mol. The summed E-state index contributed by atoms with van der Waals surface area (Å²) in [6, 6.07) is 16.4. The van der Waals surface area contributed by atoms with Crippen molar-refractivity contribution >= 4 is 17.6 Å². The van der Waals surface area contributed by atoms with Gasteiger partial charge in [-0.05, 0) is 23.8 Å². The zero-order valence-electron chi connectivity index (χ0n) is 15.2. The number of urea groups is 1. The number of hydrogen-bond acceptors (Lipinski definition) is 4. The Balaban J connectivity index is 1.55. The first-order chi connectivity index (χ1) is 13.7. The molecule has 1 aliphatic rings. The molecule has 0 saturated carbocycles. The van der Waals surface area contributed by atoms with Gasteiger partial charge in [-0.15, -0.1) is 0 Å². The molecule has 2 N–H and O–H groups in total. The van der Waals surface area contributed by atoms with E-state index < -0.39 is 0 Å². The van der Waals surface area contributed by atoms with Crippen LogP contribution in [0, 0.1) is 0 Å². The molecule has 1 fully saturated rings. The Morgan fingerprint density at radius 3 is 2.75 bits per heavy atom. The average Bonchev–Trinajstić information content (AvgIpc) is 3.40. The van der Waals surface area contributed by atoms with E-state index in [-0.39, 0.29) is 18.0 Å². The average molecular weight is 376 g/mol. The van der Waals surface area contributed by atoms with Crippen LogP contribution in [-0.2, 0) is 6.54 Å². The summed E-state index contributed by atoms with van der Waals surface area (Å²) in [6.07, 6.45) is 3.09. The van der Waals surface area contributed by atoms with E-state index in [1.165, 1.54) is 6.33 Å². The summed E-state index contributed by atoms with van der Waals surface area (Å²) >= 11 is 0. The summed E-state index contributed by atoms with van der Waals surface area (Å²) in [5.41, 5.74) is 2.17. The highest BCUT2D eigenvalue weighted by Gasteiger charge is 2.22. The van der Waals surface area contributed by atoms with Crippen molar-refractivity contribution in [1.82, 2.24) is 25.4 Å². The second-order valence-corrected chi connectivity index (χ2v) is 6.49. The number of benzene rings is 2. The van der Waals surface area contributed by atoms with Crippen LogP contribution in [0.4, 0.5) is 10.5 Å². The van der Waals surface area contributed by atoms with Crippen LogP contribution >= 0.6 is 0 Å². The number of rotatable bonds is 6. The molecule has 1 aliphatic heterocycles. The molecule has 1 unspecified atom stereocenters. The van der Waals surface area contributed by atoms with E-state index in [0.29, 0.717) is 30.9 Å². The zero-order valence-corrected chi connectivity index (χ0v) is 15.2.